The molecule has 0 atom stereocenters. The van der Waals surface area contributed by atoms with E-state index in [-0.39, 0.29) is 10.6 Å². The van der Waals surface area contributed by atoms with Gasteiger partial charge in [-0.25, -0.2) is 13.1 Å². The lowest BCUT2D eigenvalue weighted by atomic mass is 10.0. The lowest BCUT2D eigenvalue weighted by molar-refractivity contribution is -0.385. The molecule has 0 saturated heterocycles. The molecule has 1 radical (unpaired) electrons. The number of hydrogen-bond acceptors (Lipinski definition) is 4. The highest BCUT2D eigenvalue weighted by Gasteiger charge is 2.17. The van der Waals surface area contributed by atoms with Crippen molar-refractivity contribution in [3.8, 4) is 0 Å². The molecular formula is C22H37N2O4S. The highest BCUT2D eigenvalue weighted by molar-refractivity contribution is 7.89. The number of hydrogen-bond donors (Lipinski definition) is 1. The Morgan fingerprint density at radius 3 is 1.86 bits per heavy atom. The molecule has 0 amide bonds. The molecule has 1 N–H and O–H groups in total. The van der Waals surface area contributed by atoms with Crippen LogP contribution in [0.1, 0.15) is 96.8 Å². The van der Waals surface area contributed by atoms with Crippen molar-refractivity contribution in [2.24, 2.45) is 0 Å². The fraction of sp³-hybridized carbons (Fsp3) is 0.727. The molecule has 0 heterocycles. The average molecular weight is 426 g/mol. The maximum atomic E-state index is 12.2. The van der Waals surface area contributed by atoms with Crippen LogP contribution < -0.4 is 4.72 Å². The number of unbranched alkanes of at least 4 members (excludes halogenated alkanes) is 13. The van der Waals surface area contributed by atoms with Crippen LogP contribution >= 0.6 is 0 Å². The van der Waals surface area contributed by atoms with Crippen molar-refractivity contribution >= 4 is 15.7 Å². The van der Waals surface area contributed by atoms with Gasteiger partial charge in [0.1, 0.15) is 0 Å². The number of non-ortho nitro benzene ring substituents is 1. The van der Waals surface area contributed by atoms with Crippen LogP contribution in [0.2, 0.25) is 0 Å². The Labute approximate surface area is 176 Å². The van der Waals surface area contributed by atoms with Gasteiger partial charge in [0.25, 0.3) is 5.69 Å². The molecule has 0 aliphatic heterocycles. The number of rotatable bonds is 18. The van der Waals surface area contributed by atoms with E-state index in [1.165, 1.54) is 82.8 Å². The SMILES string of the molecule is CCCCCCCCCCCCCCCCNS(=O)(=O)c1cc[c]c([N+](=O)[O-])c1. The number of nitrogens with zero attached hydrogens (tertiary/aromatic N) is 1. The molecule has 0 aromatic heterocycles. The molecule has 0 aliphatic carbocycles. The lowest BCUT2D eigenvalue weighted by Crippen LogP contribution is -2.24. The molecule has 7 heteroatoms. The highest BCUT2D eigenvalue weighted by Crippen LogP contribution is 2.17. The summed E-state index contributed by atoms with van der Waals surface area (Å²) in [5.41, 5.74) is -0.343. The summed E-state index contributed by atoms with van der Waals surface area (Å²) < 4.78 is 26.9. The van der Waals surface area contributed by atoms with Crippen LogP contribution in [0.25, 0.3) is 0 Å². The first-order valence-electron chi connectivity index (χ1n) is 11.1. The van der Waals surface area contributed by atoms with Gasteiger partial charge in [-0.3, -0.25) is 10.1 Å². The fourth-order valence-electron chi connectivity index (χ4n) is 3.32. The Balaban J connectivity index is 2.01. The fourth-order valence-corrected chi connectivity index (χ4v) is 4.41. The van der Waals surface area contributed by atoms with E-state index >= 15 is 0 Å². The van der Waals surface area contributed by atoms with Crippen LogP contribution in [0.3, 0.4) is 0 Å². The third kappa shape index (κ3) is 12.0. The van der Waals surface area contributed by atoms with Crippen molar-refractivity contribution in [2.45, 2.75) is 102 Å². The summed E-state index contributed by atoms with van der Waals surface area (Å²) in [6.07, 6.45) is 17.5. The van der Waals surface area contributed by atoms with Crippen molar-refractivity contribution in [1.29, 1.82) is 0 Å². The molecule has 1 aromatic carbocycles. The van der Waals surface area contributed by atoms with Gasteiger partial charge in [0, 0.05) is 12.6 Å². The van der Waals surface area contributed by atoms with Crippen LogP contribution in [-0.2, 0) is 10.0 Å². The molecule has 0 bridgehead atoms. The highest BCUT2D eigenvalue weighted by atomic mass is 32.2. The van der Waals surface area contributed by atoms with E-state index < -0.39 is 14.9 Å². The molecular weight excluding hydrogens is 388 g/mol. The molecule has 0 spiro atoms. The Kier molecular flexibility index (Phi) is 13.6. The predicted octanol–water partition coefficient (Wildman–Crippen LogP) is 6.15. The molecule has 6 nitrogen and oxygen atoms in total. The van der Waals surface area contributed by atoms with Crippen LogP contribution in [0.15, 0.2) is 23.1 Å². The van der Waals surface area contributed by atoms with E-state index in [1.807, 2.05) is 0 Å². The van der Waals surface area contributed by atoms with Gasteiger partial charge >= 0.3 is 0 Å². The first-order chi connectivity index (χ1) is 14.0. The summed E-state index contributed by atoms with van der Waals surface area (Å²) in [5, 5.41) is 10.7. The second kappa shape index (κ2) is 15.4. The van der Waals surface area contributed by atoms with Crippen molar-refractivity contribution in [2.75, 3.05) is 6.54 Å². The second-order valence-electron chi connectivity index (χ2n) is 7.66. The largest absolute Gasteiger partial charge is 0.278 e. The van der Waals surface area contributed by atoms with Gasteiger partial charge in [0.05, 0.1) is 15.9 Å². The van der Waals surface area contributed by atoms with Crippen molar-refractivity contribution < 1.29 is 13.3 Å². The first-order valence-corrected chi connectivity index (χ1v) is 12.6. The Morgan fingerprint density at radius 1 is 0.897 bits per heavy atom. The van der Waals surface area contributed by atoms with Gasteiger partial charge in [-0.15, -0.1) is 0 Å². The molecule has 1 aromatic rings. The van der Waals surface area contributed by atoms with Gasteiger partial charge < -0.3 is 0 Å². The maximum absolute atomic E-state index is 12.2. The zero-order valence-electron chi connectivity index (χ0n) is 17.8. The van der Waals surface area contributed by atoms with Crippen molar-refractivity contribution in [3.63, 3.8) is 0 Å². The number of benzene rings is 1. The number of nitro groups is 1. The Bertz CT molecular complexity index is 677. The second-order valence-corrected chi connectivity index (χ2v) is 9.43. The van der Waals surface area contributed by atoms with Crippen LogP contribution in [-0.4, -0.2) is 19.9 Å². The topological polar surface area (TPSA) is 89.3 Å². The average Bonchev–Trinajstić information content (AvgIpc) is 2.71. The van der Waals surface area contributed by atoms with E-state index in [0.29, 0.717) is 6.54 Å². The van der Waals surface area contributed by atoms with Crippen molar-refractivity contribution in [3.05, 3.63) is 34.4 Å². The Hall–Kier alpha value is -1.47. The minimum absolute atomic E-state index is 0.0895. The van der Waals surface area contributed by atoms with E-state index in [9.17, 15) is 18.5 Å². The van der Waals surface area contributed by atoms with Gasteiger partial charge in [-0.05, 0) is 18.6 Å². The maximum Gasteiger partial charge on any atom is 0.278 e. The van der Waals surface area contributed by atoms with Crippen LogP contribution in [0.5, 0.6) is 0 Å². The standard InChI is InChI=1S/C22H37N2O4S/c1-2-3-4-5-6-7-8-9-10-11-12-13-14-15-19-23-29(27,28)22-18-16-17-21(20-22)24(25)26/h16,18,20,23H,2-15,19H2,1H3. The molecule has 0 saturated carbocycles. The zero-order chi connectivity index (χ0) is 21.4. The van der Waals surface area contributed by atoms with E-state index in [0.717, 1.165) is 25.3 Å². The van der Waals surface area contributed by atoms with Gasteiger partial charge in [0.15, 0.2) is 0 Å². The van der Waals surface area contributed by atoms with Gasteiger partial charge in [-0.1, -0.05) is 90.4 Å². The monoisotopic (exact) mass is 425 g/mol. The number of sulfonamides is 1. The summed E-state index contributed by atoms with van der Waals surface area (Å²) in [6.45, 7) is 2.60. The summed E-state index contributed by atoms with van der Waals surface area (Å²) in [7, 11) is -3.71. The van der Waals surface area contributed by atoms with Crippen LogP contribution in [0.4, 0.5) is 5.69 Å². The lowest BCUT2D eigenvalue weighted by Gasteiger charge is -2.07. The van der Waals surface area contributed by atoms with Crippen LogP contribution in [0, 0.1) is 16.2 Å². The van der Waals surface area contributed by atoms with E-state index in [2.05, 4.69) is 17.7 Å². The van der Waals surface area contributed by atoms with E-state index in [4.69, 9.17) is 0 Å². The molecule has 0 fully saturated rings. The Morgan fingerprint density at radius 2 is 1.38 bits per heavy atom. The summed E-state index contributed by atoms with van der Waals surface area (Å²) in [4.78, 5) is 10.0. The third-order valence-corrected chi connectivity index (χ3v) is 6.55. The first kappa shape index (κ1) is 25.6. The predicted molar refractivity (Wildman–Crippen MR) is 117 cm³/mol. The molecule has 0 unspecified atom stereocenters. The molecule has 165 valence electrons. The quantitative estimate of drug-likeness (QED) is 0.173. The zero-order valence-corrected chi connectivity index (χ0v) is 18.6. The number of nitro benzene ring substituents is 1. The minimum Gasteiger partial charge on any atom is -0.258 e. The van der Waals surface area contributed by atoms with Crippen molar-refractivity contribution in [1.82, 2.24) is 4.72 Å². The molecule has 1 rings (SSSR count). The smallest absolute Gasteiger partial charge is 0.258 e. The van der Waals surface area contributed by atoms with Gasteiger partial charge in [0.2, 0.25) is 10.0 Å². The molecule has 29 heavy (non-hydrogen) atoms. The summed E-state index contributed by atoms with van der Waals surface area (Å²) in [5.74, 6) is 0. The third-order valence-electron chi connectivity index (χ3n) is 5.09. The summed E-state index contributed by atoms with van der Waals surface area (Å²) >= 11 is 0. The van der Waals surface area contributed by atoms with E-state index in [1.54, 1.807) is 0 Å². The minimum atomic E-state index is -3.71. The normalized spacial score (nSPS) is 11.6. The molecule has 0 aliphatic rings. The number of nitrogens with one attached hydrogen (secondary N) is 1. The van der Waals surface area contributed by atoms with Gasteiger partial charge in [-0.2, -0.15) is 0 Å². The summed E-state index contributed by atoms with van der Waals surface area (Å²) in [6, 6.07) is 6.03.